The quantitative estimate of drug-likeness (QED) is 0.206. The molecule has 1 heterocycles. The van der Waals surface area contributed by atoms with E-state index in [1.807, 2.05) is 13.8 Å². The van der Waals surface area contributed by atoms with Gasteiger partial charge in [-0.25, -0.2) is 4.79 Å². The normalized spacial score (nSPS) is 12.1. The van der Waals surface area contributed by atoms with Gasteiger partial charge in [-0.2, -0.15) is 0 Å². The Balaban J connectivity index is 1.77. The topological polar surface area (TPSA) is 134 Å². The van der Waals surface area contributed by atoms with Gasteiger partial charge in [0.2, 0.25) is 5.91 Å². The van der Waals surface area contributed by atoms with Gasteiger partial charge >= 0.3 is 5.97 Å². The van der Waals surface area contributed by atoms with Crippen molar-refractivity contribution in [3.8, 4) is 28.2 Å². The van der Waals surface area contributed by atoms with Crippen LogP contribution in [-0.4, -0.2) is 39.8 Å². The Bertz CT molecular complexity index is 1570. The van der Waals surface area contributed by atoms with Gasteiger partial charge in [-0.05, 0) is 53.8 Å². The van der Waals surface area contributed by atoms with Gasteiger partial charge in [-0.1, -0.05) is 26.0 Å². The van der Waals surface area contributed by atoms with E-state index in [-0.39, 0.29) is 52.1 Å². The number of carboxylic acids is 1. The van der Waals surface area contributed by atoms with Gasteiger partial charge in [0.15, 0.2) is 11.2 Å². The van der Waals surface area contributed by atoms with Gasteiger partial charge in [-0.3, -0.25) is 14.4 Å². The number of alkyl halides is 1. The maximum atomic E-state index is 12.8. The molecule has 0 saturated carbocycles. The van der Waals surface area contributed by atoms with Crippen molar-refractivity contribution in [1.29, 1.82) is 0 Å². The number of aromatic carboxylic acids is 1. The number of halogens is 1. The third-order valence-electron chi connectivity index (χ3n) is 6.19. The van der Waals surface area contributed by atoms with Crippen molar-refractivity contribution in [3.63, 3.8) is 0 Å². The van der Waals surface area contributed by atoms with Crippen molar-refractivity contribution in [1.82, 2.24) is 5.32 Å². The predicted molar refractivity (Wildman–Crippen MR) is 144 cm³/mol. The Morgan fingerprint density at radius 2 is 1.74 bits per heavy atom. The lowest BCUT2D eigenvalue weighted by Gasteiger charge is -2.19. The van der Waals surface area contributed by atoms with Crippen molar-refractivity contribution in [2.75, 3.05) is 5.88 Å². The van der Waals surface area contributed by atoms with Gasteiger partial charge < -0.3 is 19.9 Å². The fourth-order valence-electron chi connectivity index (χ4n) is 4.51. The second-order valence-corrected chi connectivity index (χ2v) is 9.79. The number of carbonyl (C=O) groups is 3. The molecule has 0 saturated heterocycles. The molecule has 2 aromatic rings. The van der Waals surface area contributed by atoms with Gasteiger partial charge in [0, 0.05) is 28.6 Å². The summed E-state index contributed by atoms with van der Waals surface area (Å²) in [4.78, 5) is 49.3. The summed E-state index contributed by atoms with van der Waals surface area (Å²) in [6.45, 7) is 3.87. The summed E-state index contributed by atoms with van der Waals surface area (Å²) in [5.74, 6) is -1.78. The molecule has 1 amide bonds. The van der Waals surface area contributed by atoms with Crippen LogP contribution in [0.3, 0.4) is 0 Å². The van der Waals surface area contributed by atoms with Crippen LogP contribution in [0.2, 0.25) is 0 Å². The molecular formula is C29H26ClNO7. The molecule has 1 atom stereocenters. The van der Waals surface area contributed by atoms with E-state index in [9.17, 15) is 29.4 Å². The van der Waals surface area contributed by atoms with Crippen LogP contribution in [-0.2, 0) is 16.0 Å². The molecule has 2 aromatic carbocycles. The van der Waals surface area contributed by atoms with Crippen molar-refractivity contribution in [2.24, 2.45) is 5.92 Å². The standard InChI is InChI=1S/C29H26ClNO7/c1-15(2)9-23(24(34)14-30)31-27(35)11-16-3-6-19(22(10-16)29(36)37)28-20-7-4-17(32)12-25(20)38-26-13-18(33)5-8-21(26)28/h3-8,10,12-13,15,23,32H,9,11,14H2,1-2H3,(H,31,35)(H,36,37). The average Bonchev–Trinajstić information content (AvgIpc) is 2.86. The van der Waals surface area contributed by atoms with E-state index in [1.54, 1.807) is 24.3 Å². The minimum absolute atomic E-state index is 0.0481. The number of phenols is 1. The lowest BCUT2D eigenvalue weighted by atomic mass is 9.89. The number of rotatable bonds is 9. The zero-order valence-corrected chi connectivity index (χ0v) is 21.5. The zero-order chi connectivity index (χ0) is 27.6. The van der Waals surface area contributed by atoms with E-state index in [2.05, 4.69) is 5.32 Å². The highest BCUT2D eigenvalue weighted by molar-refractivity contribution is 6.28. The molecule has 1 aliphatic carbocycles. The van der Waals surface area contributed by atoms with E-state index < -0.39 is 17.9 Å². The molecule has 0 bridgehead atoms. The molecule has 0 fully saturated rings. The number of carboxylic acid groups (broad SMARTS) is 1. The first-order chi connectivity index (χ1) is 18.1. The summed E-state index contributed by atoms with van der Waals surface area (Å²) in [6.07, 6.45) is 0.306. The smallest absolute Gasteiger partial charge is 0.336 e. The number of fused-ring (bicyclic) bond motifs is 2. The average molecular weight is 536 g/mol. The third-order valence-corrected chi connectivity index (χ3v) is 6.45. The van der Waals surface area contributed by atoms with Crippen molar-refractivity contribution >= 4 is 40.2 Å². The number of phenolic OH excluding ortho intramolecular Hbond substituents is 1. The molecule has 9 heteroatoms. The summed E-state index contributed by atoms with van der Waals surface area (Å²) in [6, 6.07) is 12.7. The molecule has 2 aliphatic rings. The first-order valence-corrected chi connectivity index (χ1v) is 12.5. The molecule has 196 valence electrons. The van der Waals surface area contributed by atoms with Gasteiger partial charge in [0.1, 0.15) is 17.1 Å². The first kappa shape index (κ1) is 26.9. The van der Waals surface area contributed by atoms with Crippen LogP contribution in [0.15, 0.2) is 63.8 Å². The molecule has 1 aliphatic heterocycles. The summed E-state index contributed by atoms with van der Waals surface area (Å²) < 4.78 is 5.84. The van der Waals surface area contributed by atoms with Crippen LogP contribution >= 0.6 is 11.6 Å². The maximum Gasteiger partial charge on any atom is 0.336 e. The highest BCUT2D eigenvalue weighted by Crippen LogP contribution is 2.42. The minimum atomic E-state index is -1.21. The zero-order valence-electron chi connectivity index (χ0n) is 20.8. The van der Waals surface area contributed by atoms with E-state index in [1.165, 1.54) is 30.3 Å². The fourth-order valence-corrected chi connectivity index (χ4v) is 4.70. The largest absolute Gasteiger partial charge is 0.508 e. The molecular weight excluding hydrogens is 510 g/mol. The molecule has 1 unspecified atom stereocenters. The second kappa shape index (κ2) is 11.1. The maximum absolute atomic E-state index is 12.8. The summed E-state index contributed by atoms with van der Waals surface area (Å²) in [7, 11) is 0. The lowest BCUT2D eigenvalue weighted by Crippen LogP contribution is -2.43. The SMILES string of the molecule is CC(C)CC(NC(=O)Cc1ccc(-c2c3ccc(=O)cc-3oc3cc(O)ccc23)c(C(=O)O)c1)C(=O)CCl. The predicted octanol–water partition coefficient (Wildman–Crippen LogP) is 4.85. The summed E-state index contributed by atoms with van der Waals surface area (Å²) >= 11 is 5.70. The van der Waals surface area contributed by atoms with Crippen LogP contribution in [0.5, 0.6) is 5.75 Å². The van der Waals surface area contributed by atoms with Crippen molar-refractivity contribution < 1.29 is 29.0 Å². The first-order valence-electron chi connectivity index (χ1n) is 12.0. The molecule has 0 spiro atoms. The Labute approximate surface area is 223 Å². The molecule has 3 N–H and O–H groups in total. The number of benzene rings is 3. The lowest BCUT2D eigenvalue weighted by molar-refractivity contribution is -0.126. The van der Waals surface area contributed by atoms with Crippen LogP contribution in [0.25, 0.3) is 33.4 Å². The minimum Gasteiger partial charge on any atom is -0.508 e. The van der Waals surface area contributed by atoms with E-state index >= 15 is 0 Å². The van der Waals surface area contributed by atoms with Crippen molar-refractivity contribution in [2.45, 2.75) is 32.7 Å². The van der Waals surface area contributed by atoms with Gasteiger partial charge in [0.05, 0.1) is 23.9 Å². The Morgan fingerprint density at radius 1 is 1.00 bits per heavy atom. The molecule has 8 nitrogen and oxygen atoms in total. The number of hydrogen-bond donors (Lipinski definition) is 3. The number of Topliss-reactive ketones (excluding diaryl/α,β-unsaturated/α-hetero) is 1. The van der Waals surface area contributed by atoms with E-state index in [4.69, 9.17) is 16.0 Å². The van der Waals surface area contributed by atoms with E-state index in [0.717, 1.165) is 0 Å². The number of hydrogen-bond acceptors (Lipinski definition) is 6. The molecule has 0 radical (unpaired) electrons. The van der Waals surface area contributed by atoms with Crippen LogP contribution in [0, 0.1) is 5.92 Å². The van der Waals surface area contributed by atoms with Crippen LogP contribution < -0.4 is 10.7 Å². The Morgan fingerprint density at radius 3 is 2.42 bits per heavy atom. The van der Waals surface area contributed by atoms with Crippen LogP contribution in [0.4, 0.5) is 0 Å². The highest BCUT2D eigenvalue weighted by Gasteiger charge is 2.24. The number of nitrogens with one attached hydrogen (secondary N) is 1. The fraction of sp³-hybridized carbons (Fsp3) is 0.241. The van der Waals surface area contributed by atoms with Crippen molar-refractivity contribution in [3.05, 3.63) is 75.9 Å². The molecule has 0 aromatic heterocycles. The van der Waals surface area contributed by atoms with Gasteiger partial charge in [-0.15, -0.1) is 11.6 Å². The van der Waals surface area contributed by atoms with Crippen LogP contribution in [0.1, 0.15) is 36.2 Å². The number of aromatic hydroxyl groups is 1. The summed E-state index contributed by atoms with van der Waals surface area (Å²) in [5, 5.41) is 23.3. The number of amides is 1. The number of carbonyl (C=O) groups excluding carboxylic acids is 2. The van der Waals surface area contributed by atoms with E-state index in [0.29, 0.717) is 34.1 Å². The summed E-state index contributed by atoms with van der Waals surface area (Å²) in [5.41, 5.74) is 1.77. The molecule has 4 rings (SSSR count). The molecule has 38 heavy (non-hydrogen) atoms. The van der Waals surface area contributed by atoms with Gasteiger partial charge in [0.25, 0.3) is 0 Å². The highest BCUT2D eigenvalue weighted by atomic mass is 35.5. The Kier molecular flexibility index (Phi) is 7.83. The second-order valence-electron chi connectivity index (χ2n) is 9.53. The Hall–Kier alpha value is -4.17. The third kappa shape index (κ3) is 5.70. The number of ketones is 1. The monoisotopic (exact) mass is 535 g/mol.